The first-order valence-electron chi connectivity index (χ1n) is 15.6. The number of rotatable bonds is 4. The Kier molecular flexibility index (Phi) is 5.78. The summed E-state index contributed by atoms with van der Waals surface area (Å²) in [5, 5.41) is 5.22. The minimum absolute atomic E-state index is 0.0856. The van der Waals surface area contributed by atoms with Gasteiger partial charge >= 0.3 is 0 Å². The summed E-state index contributed by atoms with van der Waals surface area (Å²) >= 11 is 1.88. The van der Waals surface area contributed by atoms with Crippen molar-refractivity contribution in [1.82, 2.24) is 0 Å². The molecule has 0 saturated carbocycles. The molecule has 1 aromatic heterocycles. The number of hydrogen-bond donors (Lipinski definition) is 0. The van der Waals surface area contributed by atoms with Crippen LogP contribution < -0.4 is 4.90 Å². The SMILES string of the molecule is CC1(C)c2ccccc2-c2c(N(c3ccc4ccc5sc6ccccc6c5c4c3)c3ccccc3-c3ccccc3)cccc21. The van der Waals surface area contributed by atoms with Gasteiger partial charge in [0.05, 0.1) is 11.4 Å². The molecule has 1 aliphatic rings. The molecule has 214 valence electrons. The van der Waals surface area contributed by atoms with E-state index in [4.69, 9.17) is 0 Å². The summed E-state index contributed by atoms with van der Waals surface area (Å²) in [4.78, 5) is 2.51. The van der Waals surface area contributed by atoms with Crippen LogP contribution in [-0.2, 0) is 5.41 Å². The summed E-state index contributed by atoms with van der Waals surface area (Å²) in [6.07, 6.45) is 0. The third-order valence-electron chi connectivity index (χ3n) is 9.66. The molecule has 0 atom stereocenters. The van der Waals surface area contributed by atoms with Crippen molar-refractivity contribution >= 4 is 59.3 Å². The van der Waals surface area contributed by atoms with E-state index in [1.807, 2.05) is 11.3 Å². The van der Waals surface area contributed by atoms with Crippen LogP contribution in [0, 0.1) is 0 Å². The van der Waals surface area contributed by atoms with E-state index in [0.29, 0.717) is 0 Å². The van der Waals surface area contributed by atoms with Crippen molar-refractivity contribution in [2.24, 2.45) is 0 Å². The van der Waals surface area contributed by atoms with Crippen molar-refractivity contribution in [1.29, 1.82) is 0 Å². The number of benzene rings is 7. The van der Waals surface area contributed by atoms with Gasteiger partial charge in [0.2, 0.25) is 0 Å². The van der Waals surface area contributed by atoms with Crippen molar-refractivity contribution in [3.05, 3.63) is 163 Å². The lowest BCUT2D eigenvalue weighted by Gasteiger charge is -2.31. The van der Waals surface area contributed by atoms with Crippen LogP contribution in [0.4, 0.5) is 17.1 Å². The molecule has 1 aliphatic carbocycles. The van der Waals surface area contributed by atoms with E-state index in [1.54, 1.807) is 0 Å². The highest BCUT2D eigenvalue weighted by atomic mass is 32.1. The molecule has 45 heavy (non-hydrogen) atoms. The van der Waals surface area contributed by atoms with Crippen LogP contribution in [-0.4, -0.2) is 0 Å². The Hall–Kier alpha value is -5.18. The van der Waals surface area contributed by atoms with Crippen molar-refractivity contribution in [3.8, 4) is 22.3 Å². The van der Waals surface area contributed by atoms with Crippen molar-refractivity contribution in [3.63, 3.8) is 0 Å². The van der Waals surface area contributed by atoms with Gasteiger partial charge in [-0.05, 0) is 69.4 Å². The standard InChI is InChI=1S/C43H31NS/c1-43(2)35-18-9-6-16-32(35)42-36(43)19-12-21-38(42)44(37-20-10-7-15-31(37)28-13-4-3-5-14-28)30-25-23-29-24-26-40-41(34(29)27-30)33-17-8-11-22-39(33)45-40/h3-27H,1-2H3. The molecule has 0 radical (unpaired) electrons. The Labute approximate surface area is 267 Å². The van der Waals surface area contributed by atoms with Gasteiger partial charge in [0.1, 0.15) is 0 Å². The topological polar surface area (TPSA) is 3.24 Å². The molecule has 0 unspecified atom stereocenters. The van der Waals surface area contributed by atoms with Gasteiger partial charge in [-0.15, -0.1) is 11.3 Å². The molecule has 8 aromatic rings. The molecule has 1 heterocycles. The zero-order valence-corrected chi connectivity index (χ0v) is 26.1. The molecule has 9 rings (SSSR count). The van der Waals surface area contributed by atoms with Gasteiger partial charge in [0, 0.05) is 42.4 Å². The molecule has 1 nitrogen and oxygen atoms in total. The Balaban J connectivity index is 1.38. The smallest absolute Gasteiger partial charge is 0.0543 e. The van der Waals surface area contributed by atoms with E-state index < -0.39 is 0 Å². The molecule has 0 spiro atoms. The molecule has 0 aliphatic heterocycles. The third kappa shape index (κ3) is 3.92. The molecular weight excluding hydrogens is 563 g/mol. The summed E-state index contributed by atoms with van der Waals surface area (Å²) in [5.41, 5.74) is 11.3. The molecule has 0 bridgehead atoms. The van der Waals surface area contributed by atoms with Crippen LogP contribution in [0.5, 0.6) is 0 Å². The molecule has 0 saturated heterocycles. The first kappa shape index (κ1) is 26.2. The van der Waals surface area contributed by atoms with E-state index in [1.165, 1.54) is 75.7 Å². The van der Waals surface area contributed by atoms with Gasteiger partial charge in [0.25, 0.3) is 0 Å². The van der Waals surface area contributed by atoms with E-state index in [9.17, 15) is 0 Å². The van der Waals surface area contributed by atoms with Crippen molar-refractivity contribution in [2.75, 3.05) is 4.90 Å². The van der Waals surface area contributed by atoms with Crippen LogP contribution in [0.3, 0.4) is 0 Å². The van der Waals surface area contributed by atoms with Gasteiger partial charge in [-0.2, -0.15) is 0 Å². The van der Waals surface area contributed by atoms with E-state index in [2.05, 4.69) is 170 Å². The number of nitrogens with zero attached hydrogens (tertiary/aromatic N) is 1. The molecule has 0 amide bonds. The lowest BCUT2D eigenvalue weighted by atomic mass is 9.82. The lowest BCUT2D eigenvalue weighted by molar-refractivity contribution is 0.660. The second kappa shape index (κ2) is 9.92. The lowest BCUT2D eigenvalue weighted by Crippen LogP contribution is -2.16. The van der Waals surface area contributed by atoms with Gasteiger partial charge in [0.15, 0.2) is 0 Å². The fraction of sp³-hybridized carbons (Fsp3) is 0.0698. The average Bonchev–Trinajstić information content (AvgIpc) is 3.59. The van der Waals surface area contributed by atoms with E-state index in [-0.39, 0.29) is 5.41 Å². The maximum Gasteiger partial charge on any atom is 0.0543 e. The number of fused-ring (bicyclic) bond motifs is 8. The normalized spacial score (nSPS) is 13.3. The quantitative estimate of drug-likeness (QED) is 0.196. The van der Waals surface area contributed by atoms with Gasteiger partial charge < -0.3 is 4.90 Å². The first-order chi connectivity index (χ1) is 22.1. The second-order valence-electron chi connectivity index (χ2n) is 12.5. The number of para-hydroxylation sites is 1. The third-order valence-corrected chi connectivity index (χ3v) is 10.8. The molecule has 2 heteroatoms. The maximum atomic E-state index is 2.51. The summed E-state index contributed by atoms with van der Waals surface area (Å²) in [6.45, 7) is 4.72. The molecular formula is C43H31NS. The van der Waals surface area contributed by atoms with E-state index in [0.717, 1.165) is 5.69 Å². The zero-order valence-electron chi connectivity index (χ0n) is 25.3. The zero-order chi connectivity index (χ0) is 30.1. The monoisotopic (exact) mass is 593 g/mol. The number of anilines is 3. The number of thiophene rings is 1. The minimum atomic E-state index is -0.0856. The Morgan fingerprint density at radius 2 is 1.20 bits per heavy atom. The highest BCUT2D eigenvalue weighted by Crippen LogP contribution is 2.55. The maximum absolute atomic E-state index is 2.51. The van der Waals surface area contributed by atoms with Crippen LogP contribution >= 0.6 is 11.3 Å². The van der Waals surface area contributed by atoms with Crippen LogP contribution in [0.25, 0.3) is 53.2 Å². The fourth-order valence-electron chi connectivity index (χ4n) is 7.53. The highest BCUT2D eigenvalue weighted by molar-refractivity contribution is 7.26. The van der Waals surface area contributed by atoms with Crippen LogP contribution in [0.1, 0.15) is 25.0 Å². The summed E-state index contributed by atoms with van der Waals surface area (Å²) < 4.78 is 2.66. The summed E-state index contributed by atoms with van der Waals surface area (Å²) in [5.74, 6) is 0. The predicted molar refractivity (Wildman–Crippen MR) is 195 cm³/mol. The summed E-state index contributed by atoms with van der Waals surface area (Å²) in [7, 11) is 0. The van der Waals surface area contributed by atoms with Gasteiger partial charge in [-0.3, -0.25) is 0 Å². The second-order valence-corrected chi connectivity index (χ2v) is 13.6. The Morgan fingerprint density at radius 1 is 0.511 bits per heavy atom. The van der Waals surface area contributed by atoms with E-state index >= 15 is 0 Å². The van der Waals surface area contributed by atoms with Gasteiger partial charge in [-0.1, -0.05) is 129 Å². The summed E-state index contributed by atoms with van der Waals surface area (Å²) in [6, 6.07) is 55.8. The van der Waals surface area contributed by atoms with Crippen LogP contribution in [0.2, 0.25) is 0 Å². The van der Waals surface area contributed by atoms with Crippen molar-refractivity contribution < 1.29 is 0 Å². The van der Waals surface area contributed by atoms with Crippen LogP contribution in [0.15, 0.2) is 152 Å². The molecule has 0 fully saturated rings. The largest absolute Gasteiger partial charge is 0.309 e. The fourth-order valence-corrected chi connectivity index (χ4v) is 8.65. The number of hydrogen-bond acceptors (Lipinski definition) is 2. The van der Waals surface area contributed by atoms with Crippen molar-refractivity contribution in [2.45, 2.75) is 19.3 Å². The highest BCUT2D eigenvalue weighted by Gasteiger charge is 2.37. The average molecular weight is 594 g/mol. The predicted octanol–water partition coefficient (Wildman–Crippen LogP) is 12.7. The molecule has 7 aromatic carbocycles. The molecule has 0 N–H and O–H groups in total. The Bertz CT molecular complexity index is 2410. The first-order valence-corrected chi connectivity index (χ1v) is 16.4. The Morgan fingerprint density at radius 3 is 2.09 bits per heavy atom. The van der Waals surface area contributed by atoms with Gasteiger partial charge in [-0.25, -0.2) is 0 Å². The minimum Gasteiger partial charge on any atom is -0.309 e.